The number of carbonyl (C=O) groups is 3. The molecule has 2 aromatic carbocycles. The number of hydrogen-bond acceptors (Lipinski definition) is 10. The van der Waals surface area contributed by atoms with Crippen LogP contribution in [0.25, 0.3) is 10.8 Å². The number of aromatic hydroxyl groups is 2. The number of benzene rings is 2. The first-order valence-corrected chi connectivity index (χ1v) is 11.4. The Morgan fingerprint density at radius 3 is 2.50 bits per heavy atom. The Morgan fingerprint density at radius 2 is 1.86 bits per heavy atom. The molecule has 3 atom stereocenters. The first-order valence-electron chi connectivity index (χ1n) is 11.4. The van der Waals surface area contributed by atoms with Gasteiger partial charge in [-0.2, -0.15) is 10.1 Å². The number of hydrazone groups is 1. The second-order valence-electron chi connectivity index (χ2n) is 9.42. The number of phenolic OH excluding ortho intramolecular Hbond substituents is 2. The number of ether oxygens (including phenoxy) is 1. The quantitative estimate of drug-likeness (QED) is 0.385. The molecular weight excluding hydrogens is 470 g/mol. The maximum absolute atomic E-state index is 13.8. The summed E-state index contributed by atoms with van der Waals surface area (Å²) >= 11 is 0. The van der Waals surface area contributed by atoms with Gasteiger partial charge in [-0.3, -0.25) is 9.59 Å². The minimum Gasteiger partial charge on any atom is -0.508 e. The number of cyclic esters (lactones) is 1. The van der Waals surface area contributed by atoms with E-state index in [-0.39, 0.29) is 42.0 Å². The Hall–Kier alpha value is -3.96. The lowest BCUT2D eigenvalue weighted by atomic mass is 9.61. The van der Waals surface area contributed by atoms with E-state index in [1.54, 1.807) is 26.0 Å². The van der Waals surface area contributed by atoms with Crippen molar-refractivity contribution in [2.45, 2.75) is 38.8 Å². The van der Waals surface area contributed by atoms with E-state index in [2.05, 4.69) is 5.10 Å². The SMILES string of the molecule is C/C(=N\N1CCOC1=O)C1=C(O)[C@@]2(O)C(=O)c3c(c(C)c4ccc(C)c(O)c4c3O)C[C@H]2[C@@H](N)C1=O. The Balaban J connectivity index is 1.74. The molecule has 0 radical (unpaired) electrons. The molecule has 0 saturated carbocycles. The summed E-state index contributed by atoms with van der Waals surface area (Å²) in [7, 11) is 0. The highest BCUT2D eigenvalue weighted by Crippen LogP contribution is 2.50. The topological polar surface area (TPSA) is 183 Å². The number of aliphatic hydroxyl groups excluding tert-OH is 1. The number of fused-ring (bicyclic) bond motifs is 3. The zero-order chi connectivity index (χ0) is 26.3. The van der Waals surface area contributed by atoms with Crippen LogP contribution in [0.1, 0.15) is 34.0 Å². The van der Waals surface area contributed by atoms with Crippen molar-refractivity contribution in [3.05, 3.63) is 45.7 Å². The molecule has 1 fully saturated rings. The van der Waals surface area contributed by atoms with Crippen LogP contribution in [0.4, 0.5) is 4.79 Å². The molecule has 11 heteroatoms. The maximum atomic E-state index is 13.8. The second-order valence-corrected chi connectivity index (χ2v) is 9.42. The number of ketones is 2. The second kappa shape index (κ2) is 7.77. The Kier molecular flexibility index (Phi) is 5.13. The number of aryl methyl sites for hydroxylation is 2. The number of carbonyl (C=O) groups excluding carboxylic acids is 3. The molecule has 0 unspecified atom stereocenters. The highest BCUT2D eigenvalue weighted by Gasteiger charge is 2.60. The van der Waals surface area contributed by atoms with Crippen molar-refractivity contribution in [3.63, 3.8) is 0 Å². The van der Waals surface area contributed by atoms with Gasteiger partial charge in [0.05, 0.1) is 34.8 Å². The molecule has 188 valence electrons. The van der Waals surface area contributed by atoms with Crippen molar-refractivity contribution in [2.75, 3.05) is 13.2 Å². The van der Waals surface area contributed by atoms with Gasteiger partial charge in [-0.25, -0.2) is 4.79 Å². The first-order chi connectivity index (χ1) is 16.9. The van der Waals surface area contributed by atoms with E-state index in [9.17, 15) is 34.8 Å². The van der Waals surface area contributed by atoms with E-state index in [1.807, 2.05) is 0 Å². The lowest BCUT2D eigenvalue weighted by molar-refractivity contribution is -0.122. The molecule has 0 spiro atoms. The van der Waals surface area contributed by atoms with Crippen molar-refractivity contribution in [2.24, 2.45) is 16.8 Å². The third kappa shape index (κ3) is 2.93. The van der Waals surface area contributed by atoms with Gasteiger partial charge < -0.3 is 30.9 Å². The number of Topliss-reactive ketones (excluding diaryl/α,β-unsaturated/α-hetero) is 2. The number of amides is 1. The normalized spacial score (nSPS) is 26.4. The summed E-state index contributed by atoms with van der Waals surface area (Å²) in [5.74, 6) is -4.73. The van der Waals surface area contributed by atoms with Crippen molar-refractivity contribution in [3.8, 4) is 11.5 Å². The summed E-state index contributed by atoms with van der Waals surface area (Å²) in [5, 5.41) is 50.2. The lowest BCUT2D eigenvalue weighted by Gasteiger charge is -2.45. The van der Waals surface area contributed by atoms with Crippen LogP contribution < -0.4 is 5.73 Å². The summed E-state index contributed by atoms with van der Waals surface area (Å²) in [6, 6.07) is 1.99. The molecule has 2 aromatic rings. The number of nitrogens with two attached hydrogens (primary N) is 1. The van der Waals surface area contributed by atoms with E-state index < -0.39 is 52.3 Å². The number of aliphatic hydroxyl groups is 2. The van der Waals surface area contributed by atoms with Crippen LogP contribution in [0.2, 0.25) is 0 Å². The van der Waals surface area contributed by atoms with Crippen LogP contribution in [0.5, 0.6) is 11.5 Å². The molecular formula is C25H25N3O8. The Morgan fingerprint density at radius 1 is 1.17 bits per heavy atom. The molecule has 1 aliphatic heterocycles. The molecule has 5 rings (SSSR count). The highest BCUT2D eigenvalue weighted by atomic mass is 16.6. The standard InChI is InChI=1S/C25H25N3O8/c1-9-4-5-12-10(2)13-8-14-18(26)21(31)15(11(3)27-28-6-7-36-24(28)34)22(32)25(14,35)23(33)17(13)20(30)16(12)19(9)29/h4-5,14,18,29-30,32,35H,6-8,26H2,1-3H3/b27-11+/t14-,18+,25+/m0/s1. The van der Waals surface area contributed by atoms with Gasteiger partial charge in [0.25, 0.3) is 0 Å². The van der Waals surface area contributed by atoms with Gasteiger partial charge in [0.2, 0.25) is 5.78 Å². The van der Waals surface area contributed by atoms with Crippen molar-refractivity contribution in [1.29, 1.82) is 0 Å². The van der Waals surface area contributed by atoms with Gasteiger partial charge >= 0.3 is 6.09 Å². The van der Waals surface area contributed by atoms with Gasteiger partial charge in [-0.05, 0) is 49.3 Å². The fourth-order valence-corrected chi connectivity index (χ4v) is 5.48. The van der Waals surface area contributed by atoms with Gasteiger partial charge in [-0.15, -0.1) is 0 Å². The molecule has 11 nitrogen and oxygen atoms in total. The van der Waals surface area contributed by atoms with Gasteiger partial charge in [0.15, 0.2) is 11.4 Å². The molecule has 0 aromatic heterocycles. The number of hydrogen-bond donors (Lipinski definition) is 5. The summed E-state index contributed by atoms with van der Waals surface area (Å²) in [6.07, 6.45) is -0.843. The van der Waals surface area contributed by atoms with E-state index in [0.29, 0.717) is 22.1 Å². The highest BCUT2D eigenvalue weighted by molar-refractivity contribution is 6.26. The van der Waals surface area contributed by atoms with Gasteiger partial charge in [0.1, 0.15) is 23.9 Å². The molecule has 36 heavy (non-hydrogen) atoms. The third-order valence-corrected chi connectivity index (χ3v) is 7.50. The van der Waals surface area contributed by atoms with Crippen LogP contribution in [0.15, 0.2) is 28.6 Å². The molecule has 3 aliphatic rings. The fraction of sp³-hybridized carbons (Fsp3) is 0.360. The monoisotopic (exact) mass is 495 g/mol. The van der Waals surface area contributed by atoms with Crippen molar-refractivity contribution in [1.82, 2.24) is 5.01 Å². The largest absolute Gasteiger partial charge is 0.508 e. The Bertz CT molecular complexity index is 1460. The van der Waals surface area contributed by atoms with E-state index in [0.717, 1.165) is 5.01 Å². The average Bonchev–Trinajstić information content (AvgIpc) is 3.23. The average molecular weight is 495 g/mol. The van der Waals surface area contributed by atoms with Crippen molar-refractivity contribution >= 4 is 34.1 Å². The summed E-state index contributed by atoms with van der Waals surface area (Å²) < 4.78 is 4.81. The zero-order valence-corrected chi connectivity index (χ0v) is 19.8. The fourth-order valence-electron chi connectivity index (χ4n) is 5.48. The van der Waals surface area contributed by atoms with Crippen LogP contribution in [-0.2, 0) is 16.0 Å². The first kappa shape index (κ1) is 23.8. The zero-order valence-electron chi connectivity index (χ0n) is 19.8. The number of nitrogens with zero attached hydrogens (tertiary/aromatic N) is 2. The number of phenols is 2. The Labute approximate surface area is 205 Å². The van der Waals surface area contributed by atoms with Gasteiger partial charge in [-0.1, -0.05) is 12.1 Å². The smallest absolute Gasteiger partial charge is 0.430 e. The van der Waals surface area contributed by atoms with Crippen LogP contribution >= 0.6 is 0 Å². The van der Waals surface area contributed by atoms with Crippen LogP contribution in [0, 0.1) is 19.8 Å². The van der Waals surface area contributed by atoms with Crippen LogP contribution in [0.3, 0.4) is 0 Å². The van der Waals surface area contributed by atoms with E-state index in [4.69, 9.17) is 10.5 Å². The summed E-state index contributed by atoms with van der Waals surface area (Å²) in [5.41, 5.74) is 4.13. The molecule has 2 aliphatic carbocycles. The van der Waals surface area contributed by atoms with Crippen LogP contribution in [-0.4, -0.2) is 73.6 Å². The minimum absolute atomic E-state index is 0.0480. The molecule has 6 N–H and O–H groups in total. The number of rotatable bonds is 2. The lowest BCUT2D eigenvalue weighted by Crippen LogP contribution is -2.63. The molecule has 1 saturated heterocycles. The third-order valence-electron chi connectivity index (χ3n) is 7.50. The predicted octanol–water partition coefficient (Wildman–Crippen LogP) is 1.50. The predicted molar refractivity (Wildman–Crippen MR) is 127 cm³/mol. The van der Waals surface area contributed by atoms with Gasteiger partial charge in [0, 0.05) is 5.92 Å². The van der Waals surface area contributed by atoms with E-state index in [1.165, 1.54) is 6.92 Å². The van der Waals surface area contributed by atoms with Crippen molar-refractivity contribution < 1.29 is 39.5 Å². The molecule has 1 heterocycles. The van der Waals surface area contributed by atoms with E-state index >= 15 is 0 Å². The minimum atomic E-state index is -2.64. The maximum Gasteiger partial charge on any atom is 0.430 e. The molecule has 1 amide bonds. The molecule has 0 bridgehead atoms. The summed E-state index contributed by atoms with van der Waals surface area (Å²) in [4.78, 5) is 38.9. The summed E-state index contributed by atoms with van der Waals surface area (Å²) in [6.45, 7) is 4.89.